The monoisotopic (exact) mass is 510 g/mol. The van der Waals surface area contributed by atoms with Crippen LogP contribution in [0.5, 0.6) is 0 Å². The molecule has 0 spiro atoms. The molecule has 0 aliphatic rings. The van der Waals surface area contributed by atoms with E-state index in [9.17, 15) is 0 Å². The van der Waals surface area contributed by atoms with Gasteiger partial charge in [0.2, 0.25) is 0 Å². The van der Waals surface area contributed by atoms with Crippen LogP contribution in [0.15, 0.2) is 0 Å². The van der Waals surface area contributed by atoms with Gasteiger partial charge in [-0.05, 0) is 0 Å². The molecule has 0 aliphatic heterocycles. The van der Waals surface area contributed by atoms with Crippen molar-refractivity contribution in [3.05, 3.63) is 0 Å². The fourth-order valence-corrected chi connectivity index (χ4v) is 0. The maximum atomic E-state index is 2.33. The normalized spacial score (nSPS) is 7.50. The third-order valence-electron chi connectivity index (χ3n) is 0. The van der Waals surface area contributed by atoms with E-state index in [1.807, 2.05) is 0 Å². The van der Waals surface area contributed by atoms with Gasteiger partial charge in [-0.2, -0.15) is 0 Å². The maximum absolute atomic E-state index is 2.33. The second-order valence-electron chi connectivity index (χ2n) is 3.45. The van der Waals surface area contributed by atoms with Crippen LogP contribution in [0.4, 0.5) is 0 Å². The quantitative estimate of drug-likeness (QED) is 0.441. The van der Waals surface area contributed by atoms with Gasteiger partial charge in [0, 0.05) is 24.4 Å². The first-order valence-corrected chi connectivity index (χ1v) is 21.6. The van der Waals surface area contributed by atoms with Crippen LogP contribution in [-0.4, -0.2) is 74.7 Å². The summed E-state index contributed by atoms with van der Waals surface area (Å²) in [5.74, 6) is 14.0. The third kappa shape index (κ3) is 236. The molecular weight excluding hydrogens is 485 g/mol. The van der Waals surface area contributed by atoms with Crippen LogP contribution >= 0.6 is 0 Å². The van der Waals surface area contributed by atoms with Crippen LogP contribution in [0.25, 0.3) is 0 Å². The molecule has 4 heteroatoms. The van der Waals surface area contributed by atoms with Gasteiger partial charge in [-0.3, -0.25) is 0 Å². The van der Waals surface area contributed by atoms with E-state index in [1.165, 1.54) is 0 Å². The van der Waals surface area contributed by atoms with Crippen LogP contribution in [0.3, 0.4) is 0 Å². The molecule has 0 atom stereocenters. The molecule has 0 N–H and O–H groups in total. The molecule has 74 valence electrons. The van der Waals surface area contributed by atoms with Crippen molar-refractivity contribution < 1.29 is 0 Å². The predicted molar refractivity (Wildman–Crippen MR) is 69.9 cm³/mol. The molecule has 0 amide bonds. The topological polar surface area (TPSA) is 0 Å². The van der Waals surface area contributed by atoms with Gasteiger partial charge < -0.3 is 0 Å². The third-order valence-corrected chi connectivity index (χ3v) is 0. The Morgan fingerprint density at radius 1 is 0.667 bits per heavy atom. The number of rotatable bonds is 0. The predicted octanol–water partition coefficient (Wildman–Crippen LogP) is 3.15. The van der Waals surface area contributed by atoms with E-state index in [2.05, 4.69) is 44.3 Å². The Labute approximate surface area is 117 Å². The second-order valence-corrected chi connectivity index (χ2v) is 18.6. The zero-order valence-electron chi connectivity index (χ0n) is 9.89. The van der Waals surface area contributed by atoms with Gasteiger partial charge in [0.1, 0.15) is 0 Å². The van der Waals surface area contributed by atoms with Crippen LogP contribution in [-0.2, 0) is 0 Å². The second kappa shape index (κ2) is 23.5. The minimum absolute atomic E-state index is 0. The van der Waals surface area contributed by atoms with E-state index in [1.54, 1.807) is 0 Å². The Morgan fingerprint density at radius 3 is 0.667 bits per heavy atom. The Bertz CT molecular complexity index is 38.8. The van der Waals surface area contributed by atoms with Crippen LogP contribution < -0.4 is 0 Å². The Morgan fingerprint density at radius 2 is 0.667 bits per heavy atom. The average molecular weight is 509 g/mol. The first kappa shape index (κ1) is 24.1. The minimum atomic E-state index is -0.333. The number of hydrogen-bond acceptors (Lipinski definition) is 0. The van der Waals surface area contributed by atoms with Crippen molar-refractivity contribution in [2.45, 2.75) is 44.3 Å². The van der Waals surface area contributed by atoms with Gasteiger partial charge in [-0.15, -0.1) is 0 Å². The van der Waals surface area contributed by atoms with Gasteiger partial charge >= 0.3 is 94.6 Å². The Kier molecular flexibility index (Phi) is 47.2. The maximum Gasteiger partial charge on any atom is 0 e. The van der Waals surface area contributed by atoms with Gasteiger partial charge in [0.05, 0.1) is 0 Å². The molecule has 6 radical (unpaired) electrons. The summed E-state index contributed by atoms with van der Waals surface area (Å²) in [6, 6.07) is 0. The average Bonchev–Trinajstić information content (AvgIpc) is 1.60. The molecule has 0 rings (SSSR count). The first-order chi connectivity index (χ1) is 4.88. The molecular formula is C8H24Ge2Sb2. The van der Waals surface area contributed by atoms with E-state index in [0.29, 0.717) is 21.6 Å². The Hall–Kier alpha value is 2.72. The van der Waals surface area contributed by atoms with E-state index in [4.69, 9.17) is 0 Å². The number of hydrogen-bond donors (Lipinski definition) is 0. The summed E-state index contributed by atoms with van der Waals surface area (Å²) in [6.45, 7) is 0. The summed E-state index contributed by atoms with van der Waals surface area (Å²) in [5, 5.41) is 0. The summed E-state index contributed by atoms with van der Waals surface area (Å²) in [6.07, 6.45) is 0. The van der Waals surface area contributed by atoms with E-state index in [0.717, 1.165) is 0 Å². The fraction of sp³-hybridized carbons (Fsp3) is 1.00. The largest absolute Gasteiger partial charge is 0 e. The summed E-state index contributed by atoms with van der Waals surface area (Å²) in [4.78, 5) is 4.55. The van der Waals surface area contributed by atoms with E-state index in [-0.39, 0.29) is 53.1 Å². The summed E-state index contributed by atoms with van der Waals surface area (Å²) in [7, 11) is 0. The molecule has 0 aromatic heterocycles. The van der Waals surface area contributed by atoms with Crippen molar-refractivity contribution in [2.75, 3.05) is 0 Å². The standard InChI is InChI=1S/2C3H9Ge.2CH3.2Sb/c2*1-4(2)3;;;;/h2*1-3H3;2*1H3;;. The van der Waals surface area contributed by atoms with Crippen molar-refractivity contribution in [1.82, 2.24) is 0 Å². The summed E-state index contributed by atoms with van der Waals surface area (Å²) in [5.41, 5.74) is 0. The molecule has 0 nitrogen and oxygen atoms in total. The van der Waals surface area contributed by atoms with Crippen molar-refractivity contribution in [2.24, 2.45) is 0 Å². The first-order valence-electron chi connectivity index (χ1n) is 3.89. The zero-order chi connectivity index (χ0) is 9.86. The molecule has 0 aliphatic carbocycles. The zero-order valence-corrected chi connectivity index (χ0v) is 19.2. The van der Waals surface area contributed by atoms with Crippen LogP contribution in [0.2, 0.25) is 44.3 Å². The smallest absolute Gasteiger partial charge is 0 e. The molecule has 12 heavy (non-hydrogen) atoms. The molecule has 0 aromatic carbocycles. The van der Waals surface area contributed by atoms with Crippen molar-refractivity contribution in [3.63, 3.8) is 0 Å². The van der Waals surface area contributed by atoms with Crippen molar-refractivity contribution in [1.29, 1.82) is 0 Å². The van der Waals surface area contributed by atoms with Gasteiger partial charge in [-0.1, -0.05) is 0 Å². The SMILES string of the molecule is [CH3][Ge]([CH3])[CH3].[CH3][Ge]([CH3])[CH3].[CH3][Sb][CH3].[Sb]. The molecule has 0 saturated heterocycles. The van der Waals surface area contributed by atoms with E-state index >= 15 is 0 Å². The van der Waals surface area contributed by atoms with Crippen molar-refractivity contribution >= 4 is 74.7 Å². The van der Waals surface area contributed by atoms with Crippen LogP contribution in [0, 0.1) is 0 Å². The van der Waals surface area contributed by atoms with Crippen molar-refractivity contribution in [3.8, 4) is 0 Å². The van der Waals surface area contributed by atoms with E-state index < -0.39 is 0 Å². The molecule has 0 aromatic rings. The summed E-state index contributed by atoms with van der Waals surface area (Å²) < 4.78 is 0. The van der Waals surface area contributed by atoms with Crippen LogP contribution in [0.1, 0.15) is 0 Å². The Balaban J connectivity index is -0.0000000389. The minimum Gasteiger partial charge on any atom is 0 e. The van der Waals surface area contributed by atoms with Gasteiger partial charge in [0.15, 0.2) is 0 Å². The fourth-order valence-electron chi connectivity index (χ4n) is 0. The van der Waals surface area contributed by atoms with Gasteiger partial charge in [0.25, 0.3) is 0 Å². The molecule has 0 saturated carbocycles. The molecule has 0 heterocycles. The molecule has 0 fully saturated rings. The molecule has 0 bridgehead atoms. The molecule has 0 unspecified atom stereocenters. The van der Waals surface area contributed by atoms with Gasteiger partial charge in [-0.25, -0.2) is 0 Å². The summed E-state index contributed by atoms with van der Waals surface area (Å²) >= 11 is -0.317.